The highest BCUT2D eigenvalue weighted by Crippen LogP contribution is 2.21. The monoisotopic (exact) mass is 261 g/mol. The van der Waals surface area contributed by atoms with Gasteiger partial charge in [0.05, 0.1) is 18.1 Å². The van der Waals surface area contributed by atoms with Gasteiger partial charge in [-0.3, -0.25) is 0 Å². The third-order valence-electron chi connectivity index (χ3n) is 2.53. The van der Waals surface area contributed by atoms with E-state index in [1.165, 1.54) is 0 Å². The second-order valence-corrected chi connectivity index (χ2v) is 4.17. The van der Waals surface area contributed by atoms with E-state index >= 15 is 0 Å². The summed E-state index contributed by atoms with van der Waals surface area (Å²) in [5.74, 6) is 1.45. The van der Waals surface area contributed by atoms with Gasteiger partial charge >= 0.3 is 0 Å². The van der Waals surface area contributed by atoms with Crippen molar-refractivity contribution in [2.45, 2.75) is 6.92 Å². The lowest BCUT2D eigenvalue weighted by Gasteiger charge is -2.05. The molecule has 0 unspecified atom stereocenters. The van der Waals surface area contributed by atoms with Gasteiger partial charge in [-0.25, -0.2) is 4.98 Å². The summed E-state index contributed by atoms with van der Waals surface area (Å²) in [6, 6.07) is 5.68. The van der Waals surface area contributed by atoms with E-state index in [1.54, 1.807) is 12.5 Å². The van der Waals surface area contributed by atoms with Crippen molar-refractivity contribution in [2.24, 2.45) is 0 Å². The molecule has 1 aromatic carbocycles. The molecule has 0 aliphatic carbocycles. The van der Waals surface area contributed by atoms with Gasteiger partial charge in [-0.1, -0.05) is 6.58 Å². The lowest BCUT2D eigenvalue weighted by molar-refractivity contribution is 0.415. The van der Waals surface area contributed by atoms with Crippen LogP contribution in [-0.2, 0) is 0 Å². The number of anilines is 1. The molecule has 0 saturated carbocycles. The van der Waals surface area contributed by atoms with Crippen molar-refractivity contribution < 1.29 is 4.74 Å². The maximum atomic E-state index is 5.17. The average Bonchev–Trinajstić information content (AvgIpc) is 2.76. The second-order valence-electron chi connectivity index (χ2n) is 3.92. The molecule has 0 amide bonds. The third-order valence-corrected chi connectivity index (χ3v) is 2.79. The Bertz CT molecular complexity index is 616. The number of rotatable bonds is 4. The number of allylic oxidation sites excluding steroid dienone is 1. The maximum absolute atomic E-state index is 5.17. The Balaban J connectivity index is 2.33. The van der Waals surface area contributed by atoms with E-state index < -0.39 is 0 Å². The van der Waals surface area contributed by atoms with Gasteiger partial charge in [-0.15, -0.1) is 12.6 Å². The highest BCUT2D eigenvalue weighted by molar-refractivity contribution is 7.83. The lowest BCUT2D eigenvalue weighted by Crippen LogP contribution is -2.00. The van der Waals surface area contributed by atoms with Crippen LogP contribution in [0.15, 0.2) is 41.5 Å². The zero-order valence-corrected chi connectivity index (χ0v) is 11.2. The van der Waals surface area contributed by atoms with Gasteiger partial charge in [0.25, 0.3) is 0 Å². The van der Waals surface area contributed by atoms with E-state index in [9.17, 15) is 0 Å². The molecule has 1 heterocycles. The van der Waals surface area contributed by atoms with Crippen LogP contribution >= 0.6 is 12.6 Å². The number of nitrogens with zero attached hydrogens (tertiary/aromatic N) is 1. The topological polar surface area (TPSA) is 49.9 Å². The van der Waals surface area contributed by atoms with Crippen LogP contribution in [0.5, 0.6) is 5.75 Å². The zero-order valence-electron chi connectivity index (χ0n) is 10.3. The van der Waals surface area contributed by atoms with E-state index in [4.69, 9.17) is 4.74 Å². The van der Waals surface area contributed by atoms with Gasteiger partial charge in [0.15, 0.2) is 0 Å². The molecule has 94 valence electrons. The number of hydrogen-bond acceptors (Lipinski definition) is 4. The first-order valence-corrected chi connectivity index (χ1v) is 5.96. The first-order valence-electron chi connectivity index (χ1n) is 5.45. The number of H-pyrrole nitrogens is 1. The molecule has 1 aromatic heterocycles. The molecular formula is C13H15N3OS. The van der Waals surface area contributed by atoms with E-state index in [0.29, 0.717) is 5.95 Å². The van der Waals surface area contributed by atoms with Crippen molar-refractivity contribution in [3.05, 3.63) is 41.5 Å². The van der Waals surface area contributed by atoms with Crippen LogP contribution in [0.1, 0.15) is 6.92 Å². The number of aromatic amines is 1. The average molecular weight is 261 g/mol. The summed E-state index contributed by atoms with van der Waals surface area (Å²) >= 11 is 4.13. The molecule has 18 heavy (non-hydrogen) atoms. The van der Waals surface area contributed by atoms with Crippen molar-refractivity contribution in [3.8, 4) is 5.75 Å². The van der Waals surface area contributed by atoms with Crippen molar-refractivity contribution in [1.82, 2.24) is 9.97 Å². The highest BCUT2D eigenvalue weighted by atomic mass is 32.1. The Kier molecular flexibility index (Phi) is 3.62. The SMILES string of the molecule is C=C(C)/C(=C\S)Nc1nc2ccc(OC)cc2[nH]1. The third kappa shape index (κ3) is 2.51. The van der Waals surface area contributed by atoms with Crippen LogP contribution < -0.4 is 10.1 Å². The molecule has 0 aliphatic rings. The standard InChI is InChI=1S/C13H15N3OS/c1-8(2)12(7-18)16-13-14-10-5-4-9(17-3)6-11(10)15-13/h4-7,18H,1H2,2-3H3,(H2,14,15,16)/b12-7+. The number of aromatic nitrogens is 2. The fourth-order valence-electron chi connectivity index (χ4n) is 1.55. The summed E-state index contributed by atoms with van der Waals surface area (Å²) in [5.41, 5.74) is 3.50. The van der Waals surface area contributed by atoms with Gasteiger partial charge in [-0.2, -0.15) is 0 Å². The summed E-state index contributed by atoms with van der Waals surface area (Å²) in [7, 11) is 1.64. The molecule has 0 saturated heterocycles. The molecule has 0 fully saturated rings. The second kappa shape index (κ2) is 5.18. The number of nitrogens with one attached hydrogen (secondary N) is 2. The number of fused-ring (bicyclic) bond motifs is 1. The van der Waals surface area contributed by atoms with Crippen LogP contribution in [0, 0.1) is 0 Å². The quantitative estimate of drug-likeness (QED) is 0.584. The number of ether oxygens (including phenoxy) is 1. The molecule has 0 spiro atoms. The molecule has 0 radical (unpaired) electrons. The van der Waals surface area contributed by atoms with E-state index in [-0.39, 0.29) is 0 Å². The van der Waals surface area contributed by atoms with Gasteiger partial charge in [0, 0.05) is 11.8 Å². The molecule has 2 aromatic rings. The highest BCUT2D eigenvalue weighted by Gasteiger charge is 2.05. The zero-order chi connectivity index (χ0) is 13.1. The Morgan fingerprint density at radius 3 is 2.94 bits per heavy atom. The van der Waals surface area contributed by atoms with E-state index in [0.717, 1.165) is 28.1 Å². The smallest absolute Gasteiger partial charge is 0.205 e. The van der Waals surface area contributed by atoms with Gasteiger partial charge < -0.3 is 15.0 Å². The summed E-state index contributed by atoms with van der Waals surface area (Å²) < 4.78 is 5.17. The number of hydrogen-bond donors (Lipinski definition) is 3. The molecule has 2 rings (SSSR count). The van der Waals surface area contributed by atoms with E-state index in [2.05, 4.69) is 34.5 Å². The molecule has 2 N–H and O–H groups in total. The Morgan fingerprint density at radius 1 is 1.56 bits per heavy atom. The first-order chi connectivity index (χ1) is 8.63. The molecule has 0 atom stereocenters. The van der Waals surface area contributed by atoms with Gasteiger partial charge in [0.2, 0.25) is 5.95 Å². The Labute approximate surface area is 111 Å². The minimum absolute atomic E-state index is 0.654. The van der Waals surface area contributed by atoms with Crippen LogP contribution in [0.3, 0.4) is 0 Å². The van der Waals surface area contributed by atoms with Crippen molar-refractivity contribution in [3.63, 3.8) is 0 Å². The minimum Gasteiger partial charge on any atom is -0.497 e. The molecule has 0 bridgehead atoms. The molecule has 0 aliphatic heterocycles. The molecule has 4 nitrogen and oxygen atoms in total. The fourth-order valence-corrected chi connectivity index (χ4v) is 1.84. The van der Waals surface area contributed by atoms with Crippen molar-refractivity contribution in [1.29, 1.82) is 0 Å². The largest absolute Gasteiger partial charge is 0.497 e. The Morgan fingerprint density at radius 2 is 2.33 bits per heavy atom. The first kappa shape index (κ1) is 12.6. The summed E-state index contributed by atoms with van der Waals surface area (Å²) in [6.45, 7) is 5.77. The van der Waals surface area contributed by atoms with Crippen LogP contribution in [0.4, 0.5) is 5.95 Å². The molecule has 5 heteroatoms. The minimum atomic E-state index is 0.654. The van der Waals surface area contributed by atoms with Crippen LogP contribution in [0.25, 0.3) is 11.0 Å². The van der Waals surface area contributed by atoms with Crippen LogP contribution in [0.2, 0.25) is 0 Å². The van der Waals surface area contributed by atoms with Crippen molar-refractivity contribution in [2.75, 3.05) is 12.4 Å². The lowest BCUT2D eigenvalue weighted by atomic mass is 10.3. The number of methoxy groups -OCH3 is 1. The number of imidazole rings is 1. The van der Waals surface area contributed by atoms with E-state index in [1.807, 2.05) is 25.1 Å². The van der Waals surface area contributed by atoms with Crippen molar-refractivity contribution >= 4 is 29.6 Å². The maximum Gasteiger partial charge on any atom is 0.205 e. The van der Waals surface area contributed by atoms with Crippen LogP contribution in [-0.4, -0.2) is 17.1 Å². The summed E-state index contributed by atoms with van der Waals surface area (Å²) in [5, 5.41) is 4.80. The van der Waals surface area contributed by atoms with Gasteiger partial charge in [0.1, 0.15) is 5.75 Å². The number of benzene rings is 1. The summed E-state index contributed by atoms with van der Waals surface area (Å²) in [4.78, 5) is 7.59. The van der Waals surface area contributed by atoms with Gasteiger partial charge in [-0.05, 0) is 30.0 Å². The Hall–Kier alpha value is -1.88. The summed E-state index contributed by atoms with van der Waals surface area (Å²) in [6.07, 6.45) is 0. The number of thiol groups is 1. The fraction of sp³-hybridized carbons (Fsp3) is 0.154. The normalized spacial score (nSPS) is 11.6. The predicted molar refractivity (Wildman–Crippen MR) is 78.2 cm³/mol. The predicted octanol–water partition coefficient (Wildman–Crippen LogP) is 3.33. The molecular weight excluding hydrogens is 246 g/mol.